The summed E-state index contributed by atoms with van der Waals surface area (Å²) in [4.78, 5) is 5.27. The molecule has 0 fully saturated rings. The number of aromatic nitrogens is 1. The average Bonchev–Trinajstić information content (AvgIpc) is 2.26. The summed E-state index contributed by atoms with van der Waals surface area (Å²) in [5.41, 5.74) is 6.25. The van der Waals surface area contributed by atoms with Gasteiger partial charge in [-0.2, -0.15) is 0 Å². The van der Waals surface area contributed by atoms with E-state index in [0.717, 1.165) is 15.6 Å². The van der Waals surface area contributed by atoms with Crippen LogP contribution in [0.5, 0.6) is 0 Å². The molecule has 1 aromatic rings. The van der Waals surface area contributed by atoms with E-state index in [9.17, 15) is 0 Å². The minimum Gasteiger partial charge on any atom is -0.320 e. The molecule has 0 aliphatic heterocycles. The molecule has 0 aromatic carbocycles. The number of nitrogens with zero attached hydrogens (tertiary/aromatic N) is 1. The molecule has 1 rings (SSSR count). The zero-order valence-corrected chi connectivity index (χ0v) is 7.46. The van der Waals surface area contributed by atoms with Crippen molar-refractivity contribution in [2.45, 2.75) is 13.8 Å². The second kappa shape index (κ2) is 3.51. The maximum absolute atomic E-state index is 5.24. The summed E-state index contributed by atoms with van der Waals surface area (Å²) in [6.45, 7) is 4.35. The summed E-state index contributed by atoms with van der Waals surface area (Å²) in [7, 11) is 0. The van der Waals surface area contributed by atoms with Gasteiger partial charge in [0.1, 0.15) is 0 Å². The van der Waals surface area contributed by atoms with Gasteiger partial charge in [-0.1, -0.05) is 11.8 Å². The number of hydrogen-bond acceptors (Lipinski definition) is 3. The van der Waals surface area contributed by atoms with E-state index >= 15 is 0 Å². The second-order valence-corrected chi connectivity index (χ2v) is 3.36. The van der Waals surface area contributed by atoms with E-state index in [2.05, 4.69) is 16.8 Å². The smallest absolute Gasteiger partial charge is 0.0999 e. The van der Waals surface area contributed by atoms with Crippen LogP contribution in [0.1, 0.15) is 15.6 Å². The minimum absolute atomic E-state index is 0.413. The lowest BCUT2D eigenvalue weighted by molar-refractivity contribution is 1.19. The lowest BCUT2D eigenvalue weighted by Crippen LogP contribution is -1.92. The van der Waals surface area contributed by atoms with Gasteiger partial charge in [0.2, 0.25) is 0 Å². The van der Waals surface area contributed by atoms with Gasteiger partial charge in [-0.15, -0.1) is 11.3 Å². The third-order valence-corrected chi connectivity index (χ3v) is 2.20. The van der Waals surface area contributed by atoms with Gasteiger partial charge in [-0.3, -0.25) is 0 Å². The molecule has 0 amide bonds. The zero-order valence-electron chi connectivity index (χ0n) is 6.64. The van der Waals surface area contributed by atoms with Crippen molar-refractivity contribution in [2.24, 2.45) is 5.73 Å². The van der Waals surface area contributed by atoms with Crippen LogP contribution in [-0.4, -0.2) is 11.5 Å². The summed E-state index contributed by atoms with van der Waals surface area (Å²) >= 11 is 1.61. The van der Waals surface area contributed by atoms with Crippen LogP contribution in [0.3, 0.4) is 0 Å². The van der Waals surface area contributed by atoms with E-state index in [4.69, 9.17) is 5.73 Å². The van der Waals surface area contributed by atoms with Gasteiger partial charge in [-0.25, -0.2) is 4.98 Å². The predicted octanol–water partition coefficient (Wildman–Crippen LogP) is 1.07. The molecule has 1 heterocycles. The van der Waals surface area contributed by atoms with Gasteiger partial charge >= 0.3 is 0 Å². The third-order valence-electron chi connectivity index (χ3n) is 1.21. The standard InChI is InChI=1S/C8H10N2S/c1-6-8(4-3-5-9)11-7(2)10-6/h5,9H2,1-2H3. The fourth-order valence-corrected chi connectivity index (χ4v) is 1.57. The molecule has 0 saturated heterocycles. The molecule has 11 heavy (non-hydrogen) atoms. The first-order chi connectivity index (χ1) is 5.24. The molecule has 3 heteroatoms. The Morgan fingerprint density at radius 2 is 2.27 bits per heavy atom. The van der Waals surface area contributed by atoms with E-state index in [0.29, 0.717) is 6.54 Å². The largest absolute Gasteiger partial charge is 0.320 e. The molecule has 0 radical (unpaired) electrons. The van der Waals surface area contributed by atoms with Gasteiger partial charge in [0.25, 0.3) is 0 Å². The van der Waals surface area contributed by atoms with E-state index in [-0.39, 0.29) is 0 Å². The van der Waals surface area contributed by atoms with E-state index < -0.39 is 0 Å². The molecule has 0 unspecified atom stereocenters. The first-order valence-corrected chi connectivity index (χ1v) is 4.18. The Labute approximate surface area is 70.5 Å². The monoisotopic (exact) mass is 166 g/mol. The van der Waals surface area contributed by atoms with Crippen molar-refractivity contribution < 1.29 is 0 Å². The normalized spacial score (nSPS) is 9.00. The van der Waals surface area contributed by atoms with Crippen molar-refractivity contribution >= 4 is 11.3 Å². The van der Waals surface area contributed by atoms with Crippen LogP contribution in [0.2, 0.25) is 0 Å². The van der Waals surface area contributed by atoms with Crippen molar-refractivity contribution in [3.05, 3.63) is 15.6 Å². The molecule has 0 saturated carbocycles. The number of thiazole rings is 1. The Morgan fingerprint density at radius 1 is 1.55 bits per heavy atom. The SMILES string of the molecule is Cc1nc(C)c(C#CCN)s1. The van der Waals surface area contributed by atoms with Crippen LogP contribution in [0.25, 0.3) is 0 Å². The quantitative estimate of drug-likeness (QED) is 0.585. The highest BCUT2D eigenvalue weighted by Gasteiger charge is 1.99. The fourth-order valence-electron chi connectivity index (χ4n) is 0.779. The highest BCUT2D eigenvalue weighted by molar-refractivity contribution is 7.12. The van der Waals surface area contributed by atoms with E-state index in [1.54, 1.807) is 11.3 Å². The highest BCUT2D eigenvalue weighted by Crippen LogP contribution is 2.14. The van der Waals surface area contributed by atoms with Gasteiger partial charge in [0.05, 0.1) is 22.1 Å². The van der Waals surface area contributed by atoms with Crippen LogP contribution in [0, 0.1) is 25.7 Å². The van der Waals surface area contributed by atoms with E-state index in [1.807, 2.05) is 13.8 Å². The summed E-state index contributed by atoms with van der Waals surface area (Å²) < 4.78 is 0. The van der Waals surface area contributed by atoms with Crippen molar-refractivity contribution in [3.63, 3.8) is 0 Å². The number of hydrogen-bond donors (Lipinski definition) is 1. The predicted molar refractivity (Wildman–Crippen MR) is 47.5 cm³/mol. The Kier molecular flexibility index (Phi) is 2.64. The molecule has 58 valence electrons. The van der Waals surface area contributed by atoms with Gasteiger partial charge in [0, 0.05) is 0 Å². The highest BCUT2D eigenvalue weighted by atomic mass is 32.1. The van der Waals surface area contributed by atoms with Crippen molar-refractivity contribution in [1.29, 1.82) is 0 Å². The Hall–Kier alpha value is -0.850. The molecular formula is C8H10N2S. The molecule has 0 atom stereocenters. The third kappa shape index (κ3) is 2.04. The van der Waals surface area contributed by atoms with Gasteiger partial charge in [-0.05, 0) is 13.8 Å². The second-order valence-electron chi connectivity index (χ2n) is 2.15. The van der Waals surface area contributed by atoms with Crippen LogP contribution in [-0.2, 0) is 0 Å². The average molecular weight is 166 g/mol. The van der Waals surface area contributed by atoms with Crippen LogP contribution >= 0.6 is 11.3 Å². The van der Waals surface area contributed by atoms with Crippen molar-refractivity contribution in [3.8, 4) is 11.8 Å². The first-order valence-electron chi connectivity index (χ1n) is 3.37. The lowest BCUT2D eigenvalue weighted by atomic mass is 10.4. The first kappa shape index (κ1) is 8.25. The Balaban J connectivity index is 2.94. The van der Waals surface area contributed by atoms with Crippen LogP contribution in [0.4, 0.5) is 0 Å². The fraction of sp³-hybridized carbons (Fsp3) is 0.375. The molecule has 1 aromatic heterocycles. The summed E-state index contributed by atoms with van der Waals surface area (Å²) in [6.07, 6.45) is 0. The van der Waals surface area contributed by atoms with Crippen molar-refractivity contribution in [1.82, 2.24) is 4.98 Å². The molecule has 2 N–H and O–H groups in total. The molecule has 0 aliphatic carbocycles. The minimum atomic E-state index is 0.413. The molecule has 0 aliphatic rings. The van der Waals surface area contributed by atoms with Crippen LogP contribution < -0.4 is 5.73 Å². The maximum atomic E-state index is 5.24. The molecule has 0 spiro atoms. The number of rotatable bonds is 0. The Morgan fingerprint density at radius 3 is 2.73 bits per heavy atom. The zero-order chi connectivity index (χ0) is 8.27. The van der Waals surface area contributed by atoms with Crippen LogP contribution in [0.15, 0.2) is 0 Å². The topological polar surface area (TPSA) is 38.9 Å². The van der Waals surface area contributed by atoms with Gasteiger partial charge in [0.15, 0.2) is 0 Å². The number of aryl methyl sites for hydroxylation is 2. The maximum Gasteiger partial charge on any atom is 0.0999 e. The molecular weight excluding hydrogens is 156 g/mol. The summed E-state index contributed by atoms with van der Waals surface area (Å²) in [5.74, 6) is 5.78. The molecule has 0 bridgehead atoms. The van der Waals surface area contributed by atoms with E-state index in [1.165, 1.54) is 0 Å². The summed E-state index contributed by atoms with van der Waals surface area (Å²) in [5, 5.41) is 1.06. The number of nitrogens with two attached hydrogens (primary N) is 1. The van der Waals surface area contributed by atoms with Gasteiger partial charge < -0.3 is 5.73 Å². The summed E-state index contributed by atoms with van der Waals surface area (Å²) in [6, 6.07) is 0. The lowest BCUT2D eigenvalue weighted by Gasteiger charge is -1.80. The van der Waals surface area contributed by atoms with Crippen molar-refractivity contribution in [2.75, 3.05) is 6.54 Å². The molecule has 2 nitrogen and oxygen atoms in total. The Bertz CT molecular complexity index is 304.